The van der Waals surface area contributed by atoms with E-state index in [1.165, 1.54) is 5.56 Å². The van der Waals surface area contributed by atoms with Crippen molar-refractivity contribution in [3.63, 3.8) is 0 Å². The summed E-state index contributed by atoms with van der Waals surface area (Å²) in [5.74, 6) is 0.701. The van der Waals surface area contributed by atoms with Gasteiger partial charge in [0.1, 0.15) is 5.76 Å². The molecule has 0 aliphatic heterocycles. The highest BCUT2D eigenvalue weighted by atomic mass is 16.3. The summed E-state index contributed by atoms with van der Waals surface area (Å²) in [6.07, 6.45) is 1.56. The van der Waals surface area contributed by atoms with Crippen molar-refractivity contribution in [2.75, 3.05) is 17.2 Å². The minimum Gasteiger partial charge on any atom is -0.467 e. The van der Waals surface area contributed by atoms with Crippen molar-refractivity contribution in [3.05, 3.63) is 83.8 Å². The van der Waals surface area contributed by atoms with Crippen molar-refractivity contribution in [2.45, 2.75) is 26.3 Å². The second kappa shape index (κ2) is 9.59. The second-order valence-electron chi connectivity index (χ2n) is 6.98. The minimum absolute atomic E-state index is 0.154. The number of para-hydroxylation sites is 1. The van der Waals surface area contributed by atoms with Crippen LogP contribution in [0.25, 0.3) is 0 Å². The smallest absolute Gasteiger partial charge is 0.251 e. The molecule has 0 spiro atoms. The van der Waals surface area contributed by atoms with Crippen LogP contribution >= 0.6 is 0 Å². The Kier molecular flexibility index (Phi) is 6.68. The number of furan rings is 1. The fraction of sp³-hybridized carbons (Fsp3) is 0.217. The lowest BCUT2D eigenvalue weighted by molar-refractivity contribution is -0.114. The van der Waals surface area contributed by atoms with Crippen LogP contribution in [0.2, 0.25) is 0 Å². The largest absolute Gasteiger partial charge is 0.467 e. The van der Waals surface area contributed by atoms with Crippen LogP contribution in [0, 0.1) is 0 Å². The van der Waals surface area contributed by atoms with Crippen molar-refractivity contribution in [1.82, 2.24) is 5.32 Å². The zero-order chi connectivity index (χ0) is 20.6. The summed E-state index contributed by atoms with van der Waals surface area (Å²) < 4.78 is 5.19. The third kappa shape index (κ3) is 5.72. The predicted molar refractivity (Wildman–Crippen MR) is 114 cm³/mol. The minimum atomic E-state index is -0.203. The van der Waals surface area contributed by atoms with E-state index in [2.05, 4.69) is 35.9 Å². The maximum Gasteiger partial charge on any atom is 0.251 e. The van der Waals surface area contributed by atoms with Gasteiger partial charge in [0.25, 0.3) is 5.91 Å². The molecule has 6 nitrogen and oxygen atoms in total. The van der Waals surface area contributed by atoms with Crippen LogP contribution in [0.5, 0.6) is 0 Å². The quantitative estimate of drug-likeness (QED) is 0.532. The van der Waals surface area contributed by atoms with Crippen molar-refractivity contribution in [3.8, 4) is 0 Å². The van der Waals surface area contributed by atoms with Gasteiger partial charge in [0.05, 0.1) is 19.4 Å². The summed E-state index contributed by atoms with van der Waals surface area (Å²) in [5, 5.41) is 8.81. The Morgan fingerprint density at radius 1 is 0.966 bits per heavy atom. The van der Waals surface area contributed by atoms with Gasteiger partial charge in [-0.05, 0) is 53.9 Å². The third-order valence-electron chi connectivity index (χ3n) is 4.46. The van der Waals surface area contributed by atoms with Crippen molar-refractivity contribution in [1.29, 1.82) is 0 Å². The molecular weight excluding hydrogens is 366 g/mol. The normalized spacial score (nSPS) is 10.6. The summed E-state index contributed by atoms with van der Waals surface area (Å²) in [7, 11) is 0. The lowest BCUT2D eigenvalue weighted by atomic mass is 10.0. The molecule has 3 N–H and O–H groups in total. The first-order chi connectivity index (χ1) is 14.0. The third-order valence-corrected chi connectivity index (χ3v) is 4.46. The Labute approximate surface area is 170 Å². The molecule has 2 amide bonds. The fourth-order valence-electron chi connectivity index (χ4n) is 2.93. The van der Waals surface area contributed by atoms with E-state index in [-0.39, 0.29) is 18.4 Å². The summed E-state index contributed by atoms with van der Waals surface area (Å²) in [4.78, 5) is 24.4. The van der Waals surface area contributed by atoms with E-state index in [9.17, 15) is 9.59 Å². The Morgan fingerprint density at radius 3 is 2.41 bits per heavy atom. The number of rotatable bonds is 8. The Morgan fingerprint density at radius 2 is 1.72 bits per heavy atom. The Hall–Kier alpha value is -3.54. The number of carbonyl (C=O) groups excluding carboxylic acids is 2. The van der Waals surface area contributed by atoms with Crippen LogP contribution in [0.15, 0.2) is 71.3 Å². The van der Waals surface area contributed by atoms with Crippen LogP contribution in [0.3, 0.4) is 0 Å². The average molecular weight is 391 g/mol. The zero-order valence-corrected chi connectivity index (χ0v) is 16.6. The highest BCUT2D eigenvalue weighted by Crippen LogP contribution is 2.23. The monoisotopic (exact) mass is 391 g/mol. The lowest BCUT2D eigenvalue weighted by Gasteiger charge is -2.14. The van der Waals surface area contributed by atoms with Gasteiger partial charge in [-0.1, -0.05) is 32.0 Å². The molecule has 150 valence electrons. The molecule has 0 saturated carbocycles. The molecule has 2 aromatic carbocycles. The number of anilines is 2. The van der Waals surface area contributed by atoms with Gasteiger partial charge in [-0.3, -0.25) is 9.59 Å². The van der Waals surface area contributed by atoms with Gasteiger partial charge in [-0.25, -0.2) is 0 Å². The van der Waals surface area contributed by atoms with Gasteiger partial charge in [-0.2, -0.15) is 0 Å². The molecular formula is C23H25N3O3. The maximum absolute atomic E-state index is 12.3. The standard InChI is InChI=1S/C23H25N3O3/c1-16(2)20-7-3-4-8-21(20)24-15-22(27)26-18-11-9-17(10-12-18)23(28)25-14-19-6-5-13-29-19/h3-13,16,24H,14-15H2,1-2H3,(H,25,28)(H,26,27). The molecule has 0 radical (unpaired) electrons. The van der Waals surface area contributed by atoms with Gasteiger partial charge in [0, 0.05) is 16.9 Å². The van der Waals surface area contributed by atoms with Crippen molar-refractivity contribution < 1.29 is 14.0 Å². The highest BCUT2D eigenvalue weighted by Gasteiger charge is 2.09. The second-order valence-corrected chi connectivity index (χ2v) is 6.98. The van der Waals surface area contributed by atoms with E-state index in [1.54, 1.807) is 42.7 Å². The molecule has 0 aliphatic carbocycles. The summed E-state index contributed by atoms with van der Waals surface area (Å²) >= 11 is 0. The first-order valence-electron chi connectivity index (χ1n) is 9.56. The lowest BCUT2D eigenvalue weighted by Crippen LogP contribution is -2.23. The summed E-state index contributed by atoms with van der Waals surface area (Å²) in [6.45, 7) is 4.72. The van der Waals surface area contributed by atoms with Crippen LogP contribution in [0.4, 0.5) is 11.4 Å². The van der Waals surface area contributed by atoms with Crippen LogP contribution < -0.4 is 16.0 Å². The van der Waals surface area contributed by atoms with E-state index in [0.29, 0.717) is 29.5 Å². The molecule has 0 bridgehead atoms. The Balaban J connectivity index is 1.50. The van der Waals surface area contributed by atoms with E-state index in [0.717, 1.165) is 5.69 Å². The Bertz CT molecular complexity index is 948. The number of benzene rings is 2. The van der Waals surface area contributed by atoms with Crippen LogP contribution in [0.1, 0.15) is 41.4 Å². The molecule has 6 heteroatoms. The van der Waals surface area contributed by atoms with Crippen molar-refractivity contribution >= 4 is 23.2 Å². The molecule has 0 unspecified atom stereocenters. The molecule has 0 saturated heterocycles. The predicted octanol–water partition coefficient (Wildman–Crippen LogP) is 4.38. The van der Waals surface area contributed by atoms with Gasteiger partial charge < -0.3 is 20.4 Å². The van der Waals surface area contributed by atoms with Crippen LogP contribution in [-0.2, 0) is 11.3 Å². The number of hydrogen-bond donors (Lipinski definition) is 3. The molecule has 3 rings (SSSR count). The first kappa shape index (κ1) is 20.2. The molecule has 3 aromatic rings. The van der Waals surface area contributed by atoms with Gasteiger partial charge >= 0.3 is 0 Å². The van der Waals surface area contributed by atoms with Crippen molar-refractivity contribution in [2.24, 2.45) is 0 Å². The van der Waals surface area contributed by atoms with Gasteiger partial charge in [0.2, 0.25) is 5.91 Å². The van der Waals surface area contributed by atoms with Crippen LogP contribution in [-0.4, -0.2) is 18.4 Å². The summed E-state index contributed by atoms with van der Waals surface area (Å²) in [6, 6.07) is 18.3. The SMILES string of the molecule is CC(C)c1ccccc1NCC(=O)Nc1ccc(C(=O)NCc2ccco2)cc1. The van der Waals surface area contributed by atoms with E-state index >= 15 is 0 Å². The molecule has 0 atom stereocenters. The molecule has 29 heavy (non-hydrogen) atoms. The topological polar surface area (TPSA) is 83.4 Å². The van der Waals surface area contributed by atoms with E-state index in [4.69, 9.17) is 4.42 Å². The summed E-state index contributed by atoms with van der Waals surface area (Å²) in [5.41, 5.74) is 3.28. The maximum atomic E-state index is 12.3. The fourth-order valence-corrected chi connectivity index (χ4v) is 2.93. The number of hydrogen-bond acceptors (Lipinski definition) is 4. The molecule has 0 fully saturated rings. The number of amides is 2. The number of carbonyl (C=O) groups is 2. The van der Waals surface area contributed by atoms with E-state index < -0.39 is 0 Å². The number of nitrogens with one attached hydrogen (secondary N) is 3. The highest BCUT2D eigenvalue weighted by molar-refractivity contribution is 5.96. The van der Waals surface area contributed by atoms with E-state index in [1.807, 2.05) is 18.2 Å². The molecule has 1 aromatic heterocycles. The average Bonchev–Trinajstić information content (AvgIpc) is 3.25. The first-order valence-corrected chi connectivity index (χ1v) is 9.56. The van der Waals surface area contributed by atoms with Gasteiger partial charge in [-0.15, -0.1) is 0 Å². The molecule has 0 aliphatic rings. The zero-order valence-electron chi connectivity index (χ0n) is 16.6. The molecule has 1 heterocycles. The van der Waals surface area contributed by atoms with Gasteiger partial charge in [0.15, 0.2) is 0 Å².